The molecule has 7 nitrogen and oxygen atoms in total. The number of hydrazine groups is 1. The number of rotatable bonds is 10. The van der Waals surface area contributed by atoms with Crippen molar-refractivity contribution in [1.82, 2.24) is 9.97 Å². The summed E-state index contributed by atoms with van der Waals surface area (Å²) >= 11 is 0. The number of hydrogen-bond acceptors (Lipinski definition) is 7. The molecule has 0 spiro atoms. The van der Waals surface area contributed by atoms with Crippen molar-refractivity contribution in [2.45, 2.75) is 32.8 Å². The van der Waals surface area contributed by atoms with Gasteiger partial charge in [-0.1, -0.05) is 0 Å². The Hall–Kier alpha value is -1.44. The van der Waals surface area contributed by atoms with E-state index in [1.54, 1.807) is 6.07 Å². The summed E-state index contributed by atoms with van der Waals surface area (Å²) in [7, 11) is 0. The number of aliphatic hydroxyl groups excluding tert-OH is 1. The Morgan fingerprint density at radius 3 is 2.74 bits per heavy atom. The lowest BCUT2D eigenvalue weighted by Crippen LogP contribution is -2.13. The second-order valence-electron chi connectivity index (χ2n) is 4.05. The molecule has 1 heterocycles. The van der Waals surface area contributed by atoms with Crippen LogP contribution in [0.3, 0.4) is 0 Å². The summed E-state index contributed by atoms with van der Waals surface area (Å²) in [5, 5.41) is 11.9. The van der Waals surface area contributed by atoms with Crippen LogP contribution in [0.15, 0.2) is 6.07 Å². The average molecular weight is 269 g/mol. The lowest BCUT2D eigenvalue weighted by atomic mass is 10.2. The van der Waals surface area contributed by atoms with Crippen LogP contribution in [0.1, 0.15) is 32.0 Å². The topological polar surface area (TPSA) is 105 Å². The van der Waals surface area contributed by atoms with E-state index in [0.717, 1.165) is 31.6 Å². The highest BCUT2D eigenvalue weighted by Crippen LogP contribution is 2.11. The van der Waals surface area contributed by atoms with Crippen LogP contribution in [0.4, 0.5) is 11.6 Å². The zero-order valence-corrected chi connectivity index (χ0v) is 11.4. The van der Waals surface area contributed by atoms with E-state index in [4.69, 9.17) is 15.7 Å². The van der Waals surface area contributed by atoms with Gasteiger partial charge in [0.05, 0.1) is 0 Å². The van der Waals surface area contributed by atoms with Crippen LogP contribution in [0, 0.1) is 0 Å². The zero-order valence-electron chi connectivity index (χ0n) is 11.4. The molecule has 1 aromatic rings. The molecule has 0 aromatic carbocycles. The SMILES string of the molecule is CCOCc1nc(NN)cc(NCCCCCO)n1. The third kappa shape index (κ3) is 6.32. The fourth-order valence-electron chi connectivity index (χ4n) is 1.55. The largest absolute Gasteiger partial charge is 0.396 e. The van der Waals surface area contributed by atoms with Crippen LogP contribution >= 0.6 is 0 Å². The van der Waals surface area contributed by atoms with E-state index in [9.17, 15) is 0 Å². The Kier molecular flexibility index (Phi) is 7.80. The van der Waals surface area contributed by atoms with Crippen molar-refractivity contribution in [2.75, 3.05) is 30.5 Å². The molecular weight excluding hydrogens is 246 g/mol. The molecule has 0 fully saturated rings. The second-order valence-corrected chi connectivity index (χ2v) is 4.05. The molecule has 0 aliphatic rings. The van der Waals surface area contributed by atoms with Gasteiger partial charge in [0.25, 0.3) is 0 Å². The minimum Gasteiger partial charge on any atom is -0.396 e. The molecular formula is C12H23N5O2. The van der Waals surface area contributed by atoms with Gasteiger partial charge < -0.3 is 20.6 Å². The van der Waals surface area contributed by atoms with Crippen LogP contribution in [0.5, 0.6) is 0 Å². The van der Waals surface area contributed by atoms with Gasteiger partial charge in [-0.25, -0.2) is 15.8 Å². The molecule has 0 saturated carbocycles. The molecule has 0 bridgehead atoms. The minimum atomic E-state index is 0.243. The molecule has 0 saturated heterocycles. The number of nitrogen functional groups attached to an aromatic ring is 1. The van der Waals surface area contributed by atoms with Crippen LogP contribution in [0.25, 0.3) is 0 Å². The number of aliphatic hydroxyl groups is 1. The second kappa shape index (κ2) is 9.48. The highest BCUT2D eigenvalue weighted by Gasteiger charge is 2.03. The highest BCUT2D eigenvalue weighted by atomic mass is 16.5. The monoisotopic (exact) mass is 269 g/mol. The summed E-state index contributed by atoms with van der Waals surface area (Å²) < 4.78 is 5.28. The third-order valence-electron chi connectivity index (χ3n) is 2.50. The molecule has 0 amide bonds. The van der Waals surface area contributed by atoms with Crippen molar-refractivity contribution in [3.8, 4) is 0 Å². The van der Waals surface area contributed by atoms with Gasteiger partial charge in [-0.2, -0.15) is 0 Å². The maximum atomic E-state index is 8.69. The zero-order chi connectivity index (χ0) is 13.9. The van der Waals surface area contributed by atoms with Gasteiger partial charge in [0.15, 0.2) is 5.82 Å². The number of nitrogens with two attached hydrogens (primary N) is 1. The number of nitrogens with zero attached hydrogens (tertiary/aromatic N) is 2. The first kappa shape index (κ1) is 15.6. The standard InChI is InChI=1S/C12H23N5O2/c1-2-19-9-12-15-10(8-11(16-12)17-13)14-6-4-3-5-7-18/h8,18H,2-7,9,13H2,1H3,(H2,14,15,16,17). The number of anilines is 2. The van der Waals surface area contributed by atoms with Crippen LogP contribution in [-0.4, -0.2) is 34.8 Å². The molecule has 5 N–H and O–H groups in total. The minimum absolute atomic E-state index is 0.243. The van der Waals surface area contributed by atoms with Gasteiger partial charge in [-0.3, -0.25) is 0 Å². The number of hydrogen-bond donors (Lipinski definition) is 4. The molecule has 0 radical (unpaired) electrons. The van der Waals surface area contributed by atoms with Crippen molar-refractivity contribution >= 4 is 11.6 Å². The predicted octanol–water partition coefficient (Wildman–Crippen LogP) is 0.873. The molecule has 0 unspecified atom stereocenters. The average Bonchev–Trinajstić information content (AvgIpc) is 2.44. The smallest absolute Gasteiger partial charge is 0.158 e. The Bertz CT molecular complexity index is 362. The number of unbranched alkanes of at least 4 members (excludes halogenated alkanes) is 2. The van der Waals surface area contributed by atoms with Crippen molar-refractivity contribution in [3.05, 3.63) is 11.9 Å². The number of aromatic nitrogens is 2. The molecule has 1 aromatic heterocycles. The van der Waals surface area contributed by atoms with Gasteiger partial charge in [-0.05, 0) is 26.2 Å². The summed E-state index contributed by atoms with van der Waals surface area (Å²) in [4.78, 5) is 8.55. The molecule has 1 rings (SSSR count). The highest BCUT2D eigenvalue weighted by molar-refractivity contribution is 5.46. The molecule has 0 aliphatic carbocycles. The van der Waals surface area contributed by atoms with Crippen LogP contribution in [0.2, 0.25) is 0 Å². The van der Waals surface area contributed by atoms with E-state index >= 15 is 0 Å². The number of nitrogens with one attached hydrogen (secondary N) is 2. The van der Waals surface area contributed by atoms with E-state index in [1.165, 1.54) is 0 Å². The number of ether oxygens (including phenoxy) is 1. The first-order valence-electron chi connectivity index (χ1n) is 6.57. The van der Waals surface area contributed by atoms with Gasteiger partial charge in [0.2, 0.25) is 0 Å². The Morgan fingerprint density at radius 2 is 2.05 bits per heavy atom. The first-order chi connectivity index (χ1) is 9.30. The van der Waals surface area contributed by atoms with E-state index in [2.05, 4.69) is 20.7 Å². The Morgan fingerprint density at radius 1 is 1.26 bits per heavy atom. The van der Waals surface area contributed by atoms with Crippen LogP contribution in [-0.2, 0) is 11.3 Å². The quantitative estimate of drug-likeness (QED) is 0.284. The van der Waals surface area contributed by atoms with Gasteiger partial charge >= 0.3 is 0 Å². The lowest BCUT2D eigenvalue weighted by Gasteiger charge is -2.09. The summed E-state index contributed by atoms with van der Waals surface area (Å²) in [6.45, 7) is 3.95. The third-order valence-corrected chi connectivity index (χ3v) is 2.50. The summed E-state index contributed by atoms with van der Waals surface area (Å²) in [5.41, 5.74) is 2.52. The summed E-state index contributed by atoms with van der Waals surface area (Å²) in [6, 6.07) is 1.75. The van der Waals surface area contributed by atoms with Crippen molar-refractivity contribution < 1.29 is 9.84 Å². The maximum Gasteiger partial charge on any atom is 0.158 e. The first-order valence-corrected chi connectivity index (χ1v) is 6.57. The summed E-state index contributed by atoms with van der Waals surface area (Å²) in [6.07, 6.45) is 2.80. The van der Waals surface area contributed by atoms with Gasteiger partial charge in [-0.15, -0.1) is 0 Å². The van der Waals surface area contributed by atoms with E-state index in [-0.39, 0.29) is 6.61 Å². The fraction of sp³-hybridized carbons (Fsp3) is 0.667. The Labute approximate surface area is 113 Å². The van der Waals surface area contributed by atoms with Gasteiger partial charge in [0.1, 0.15) is 18.2 Å². The lowest BCUT2D eigenvalue weighted by molar-refractivity contribution is 0.128. The molecule has 0 atom stereocenters. The predicted molar refractivity (Wildman–Crippen MR) is 74.6 cm³/mol. The van der Waals surface area contributed by atoms with Gasteiger partial charge in [0, 0.05) is 25.8 Å². The van der Waals surface area contributed by atoms with Crippen molar-refractivity contribution in [1.29, 1.82) is 0 Å². The van der Waals surface area contributed by atoms with Crippen LogP contribution < -0.4 is 16.6 Å². The fourth-order valence-corrected chi connectivity index (χ4v) is 1.55. The van der Waals surface area contributed by atoms with Crippen molar-refractivity contribution in [3.63, 3.8) is 0 Å². The molecule has 0 aliphatic heterocycles. The molecule has 7 heteroatoms. The molecule has 19 heavy (non-hydrogen) atoms. The van der Waals surface area contributed by atoms with E-state index in [1.807, 2.05) is 6.92 Å². The summed E-state index contributed by atoms with van der Waals surface area (Å²) in [5.74, 6) is 7.25. The molecule has 108 valence electrons. The maximum absolute atomic E-state index is 8.69. The van der Waals surface area contributed by atoms with E-state index in [0.29, 0.717) is 24.9 Å². The normalized spacial score (nSPS) is 10.5. The van der Waals surface area contributed by atoms with Crippen molar-refractivity contribution in [2.24, 2.45) is 5.84 Å². The Balaban J connectivity index is 2.50. The van der Waals surface area contributed by atoms with E-state index < -0.39 is 0 Å².